The number of rotatable bonds is 7. The summed E-state index contributed by atoms with van der Waals surface area (Å²) in [6.07, 6.45) is 9.58. The minimum absolute atomic E-state index is 0. The summed E-state index contributed by atoms with van der Waals surface area (Å²) in [6.45, 7) is 1.77. The van der Waals surface area contributed by atoms with Crippen molar-refractivity contribution in [3.63, 3.8) is 0 Å². The maximum absolute atomic E-state index is 12.4. The average molecular weight is 393 g/mol. The van der Waals surface area contributed by atoms with E-state index in [1.165, 1.54) is 49.4 Å². The average Bonchev–Trinajstić information content (AvgIpc) is 2.94. The zero-order valence-electron chi connectivity index (χ0n) is 15.7. The van der Waals surface area contributed by atoms with Gasteiger partial charge in [0.2, 0.25) is 5.91 Å². The number of aryl methyl sites for hydroxylation is 1. The van der Waals surface area contributed by atoms with Crippen LogP contribution in [0.1, 0.15) is 44.9 Å². The molecule has 2 N–H and O–H groups in total. The number of hydrogen-bond acceptors (Lipinski definition) is 4. The summed E-state index contributed by atoms with van der Waals surface area (Å²) in [6, 6.07) is 7.85. The van der Waals surface area contributed by atoms with E-state index in [0.717, 1.165) is 6.54 Å². The van der Waals surface area contributed by atoms with Gasteiger partial charge in [0, 0.05) is 32.1 Å². The van der Waals surface area contributed by atoms with E-state index in [1.807, 2.05) is 18.2 Å². The molecule has 0 saturated heterocycles. The number of para-hydroxylation sites is 1. The standard InChI is InChI=1S/C20H28N4O2.ClH/c25-19(22-13-12-21-16-7-3-1-2-4-8-16)11-14-24-15-23-18-10-6-5-9-17(18)20(24)26;/h5-6,9-10,15-16,21H,1-4,7-8,11-14H2,(H,22,25);1H. The first-order valence-electron chi connectivity index (χ1n) is 9.68. The van der Waals surface area contributed by atoms with Crippen LogP contribution in [0.25, 0.3) is 10.9 Å². The first-order valence-corrected chi connectivity index (χ1v) is 9.68. The van der Waals surface area contributed by atoms with Crippen LogP contribution in [0.5, 0.6) is 0 Å². The van der Waals surface area contributed by atoms with Gasteiger partial charge in [0.15, 0.2) is 0 Å². The number of nitrogens with one attached hydrogen (secondary N) is 2. The van der Waals surface area contributed by atoms with Crippen LogP contribution < -0.4 is 16.2 Å². The Kier molecular flexibility index (Phi) is 8.75. The van der Waals surface area contributed by atoms with Crippen LogP contribution in [0.2, 0.25) is 0 Å². The lowest BCUT2D eigenvalue weighted by molar-refractivity contribution is -0.121. The van der Waals surface area contributed by atoms with Gasteiger partial charge < -0.3 is 10.6 Å². The topological polar surface area (TPSA) is 76.0 Å². The molecule has 27 heavy (non-hydrogen) atoms. The van der Waals surface area contributed by atoms with Crippen molar-refractivity contribution < 1.29 is 4.79 Å². The molecule has 1 aromatic carbocycles. The molecule has 148 valence electrons. The van der Waals surface area contributed by atoms with Gasteiger partial charge >= 0.3 is 0 Å². The summed E-state index contributed by atoms with van der Waals surface area (Å²) in [5.74, 6) is -0.0345. The van der Waals surface area contributed by atoms with Gasteiger partial charge in [-0.05, 0) is 25.0 Å². The number of fused-ring (bicyclic) bond motifs is 1. The van der Waals surface area contributed by atoms with Crippen molar-refractivity contribution in [2.45, 2.75) is 57.5 Å². The summed E-state index contributed by atoms with van der Waals surface area (Å²) >= 11 is 0. The van der Waals surface area contributed by atoms with Crippen LogP contribution in [0.4, 0.5) is 0 Å². The Bertz CT molecular complexity index is 785. The Labute approximate surface area is 166 Å². The Hall–Kier alpha value is -1.92. The number of aromatic nitrogens is 2. The summed E-state index contributed by atoms with van der Waals surface area (Å²) in [7, 11) is 0. The summed E-state index contributed by atoms with van der Waals surface area (Å²) < 4.78 is 1.51. The number of halogens is 1. The molecular formula is C20H29ClN4O2. The van der Waals surface area contributed by atoms with Gasteiger partial charge in [0.25, 0.3) is 5.56 Å². The fraction of sp³-hybridized carbons (Fsp3) is 0.550. The maximum Gasteiger partial charge on any atom is 0.261 e. The van der Waals surface area contributed by atoms with Gasteiger partial charge in [-0.25, -0.2) is 4.98 Å². The molecule has 1 aromatic heterocycles. The lowest BCUT2D eigenvalue weighted by atomic mass is 10.1. The number of benzene rings is 1. The van der Waals surface area contributed by atoms with E-state index in [0.29, 0.717) is 30.0 Å². The van der Waals surface area contributed by atoms with Crippen LogP contribution in [-0.2, 0) is 11.3 Å². The van der Waals surface area contributed by atoms with E-state index in [9.17, 15) is 9.59 Å². The highest BCUT2D eigenvalue weighted by atomic mass is 35.5. The molecule has 0 aliphatic heterocycles. The van der Waals surface area contributed by atoms with Crippen molar-refractivity contribution in [3.05, 3.63) is 40.9 Å². The smallest absolute Gasteiger partial charge is 0.261 e. The van der Waals surface area contributed by atoms with Crippen LogP contribution in [-0.4, -0.2) is 34.6 Å². The third kappa shape index (κ3) is 6.33. The minimum atomic E-state index is -0.0987. The predicted octanol–water partition coefficient (Wildman–Crippen LogP) is 2.64. The quantitative estimate of drug-likeness (QED) is 0.561. The van der Waals surface area contributed by atoms with E-state index in [-0.39, 0.29) is 30.3 Å². The highest BCUT2D eigenvalue weighted by molar-refractivity contribution is 5.85. The predicted molar refractivity (Wildman–Crippen MR) is 110 cm³/mol. The van der Waals surface area contributed by atoms with E-state index >= 15 is 0 Å². The monoisotopic (exact) mass is 392 g/mol. The summed E-state index contributed by atoms with van der Waals surface area (Å²) in [5.41, 5.74) is 0.584. The number of hydrogen-bond donors (Lipinski definition) is 2. The molecule has 7 heteroatoms. The van der Waals surface area contributed by atoms with Gasteiger partial charge in [-0.2, -0.15) is 0 Å². The van der Waals surface area contributed by atoms with E-state index in [4.69, 9.17) is 0 Å². The number of nitrogens with zero attached hydrogens (tertiary/aromatic N) is 2. The number of carbonyl (C=O) groups is 1. The molecule has 6 nitrogen and oxygen atoms in total. The fourth-order valence-electron chi connectivity index (χ4n) is 3.54. The van der Waals surface area contributed by atoms with Gasteiger partial charge in [0.05, 0.1) is 17.2 Å². The van der Waals surface area contributed by atoms with E-state index in [1.54, 1.807) is 6.07 Å². The van der Waals surface area contributed by atoms with Gasteiger partial charge in [-0.1, -0.05) is 37.8 Å². The van der Waals surface area contributed by atoms with Crippen molar-refractivity contribution in [2.75, 3.05) is 13.1 Å². The second-order valence-corrected chi connectivity index (χ2v) is 7.00. The lowest BCUT2D eigenvalue weighted by Crippen LogP contribution is -2.37. The molecule has 3 rings (SSSR count). The molecule has 1 heterocycles. The molecule has 0 spiro atoms. The third-order valence-electron chi connectivity index (χ3n) is 5.05. The largest absolute Gasteiger partial charge is 0.355 e. The molecule has 1 aliphatic rings. The highest BCUT2D eigenvalue weighted by Crippen LogP contribution is 2.16. The molecule has 0 atom stereocenters. The second-order valence-electron chi connectivity index (χ2n) is 7.00. The summed E-state index contributed by atoms with van der Waals surface area (Å²) in [4.78, 5) is 28.7. The van der Waals surface area contributed by atoms with Crippen molar-refractivity contribution in [1.82, 2.24) is 20.2 Å². The molecular weight excluding hydrogens is 364 g/mol. The molecule has 1 amide bonds. The zero-order chi connectivity index (χ0) is 18.2. The maximum atomic E-state index is 12.4. The zero-order valence-corrected chi connectivity index (χ0v) is 16.5. The molecule has 1 aliphatic carbocycles. The van der Waals surface area contributed by atoms with E-state index in [2.05, 4.69) is 15.6 Å². The van der Waals surface area contributed by atoms with Gasteiger partial charge in [-0.3, -0.25) is 14.2 Å². The normalized spacial score (nSPS) is 15.1. The molecule has 0 radical (unpaired) electrons. The van der Waals surface area contributed by atoms with Crippen LogP contribution in [0, 0.1) is 0 Å². The van der Waals surface area contributed by atoms with Crippen molar-refractivity contribution >= 4 is 29.2 Å². The Morgan fingerprint density at radius 3 is 2.63 bits per heavy atom. The number of carbonyl (C=O) groups excluding carboxylic acids is 1. The second kappa shape index (κ2) is 11.0. The van der Waals surface area contributed by atoms with E-state index < -0.39 is 0 Å². The minimum Gasteiger partial charge on any atom is -0.355 e. The van der Waals surface area contributed by atoms with Crippen LogP contribution in [0.3, 0.4) is 0 Å². The molecule has 0 bridgehead atoms. The molecule has 1 fully saturated rings. The van der Waals surface area contributed by atoms with Crippen molar-refractivity contribution in [1.29, 1.82) is 0 Å². The first-order chi connectivity index (χ1) is 12.7. The Morgan fingerprint density at radius 1 is 1.11 bits per heavy atom. The molecule has 1 saturated carbocycles. The summed E-state index contributed by atoms with van der Waals surface area (Å²) in [5, 5.41) is 7.05. The SMILES string of the molecule is Cl.O=C(CCn1cnc2ccccc2c1=O)NCCNC1CCCCCC1. The highest BCUT2D eigenvalue weighted by Gasteiger charge is 2.11. The molecule has 2 aromatic rings. The van der Waals surface area contributed by atoms with Gasteiger partial charge in [-0.15, -0.1) is 12.4 Å². The van der Waals surface area contributed by atoms with Gasteiger partial charge in [0.1, 0.15) is 0 Å². The van der Waals surface area contributed by atoms with Crippen molar-refractivity contribution in [2.24, 2.45) is 0 Å². The Morgan fingerprint density at radius 2 is 1.85 bits per heavy atom. The van der Waals surface area contributed by atoms with Crippen LogP contribution >= 0.6 is 12.4 Å². The lowest BCUT2D eigenvalue weighted by Gasteiger charge is -2.16. The third-order valence-corrected chi connectivity index (χ3v) is 5.05. The Balaban J connectivity index is 0.00000261. The number of amides is 1. The van der Waals surface area contributed by atoms with Crippen LogP contribution in [0.15, 0.2) is 35.4 Å². The fourth-order valence-corrected chi connectivity index (χ4v) is 3.54. The van der Waals surface area contributed by atoms with Crippen molar-refractivity contribution in [3.8, 4) is 0 Å². The molecule has 0 unspecified atom stereocenters. The first kappa shape index (κ1) is 21.4.